The van der Waals surface area contributed by atoms with Gasteiger partial charge in [-0.05, 0) is 0 Å². The van der Waals surface area contributed by atoms with Crippen molar-refractivity contribution in [2.45, 2.75) is 36.6 Å². The minimum absolute atomic E-state index is 0.503. The van der Waals surface area contributed by atoms with Crippen molar-refractivity contribution >= 4 is 26.3 Å². The summed E-state index contributed by atoms with van der Waals surface area (Å²) in [5, 5.41) is 0. The molecule has 0 amide bonds. The van der Waals surface area contributed by atoms with Crippen molar-refractivity contribution in [3.63, 3.8) is 0 Å². The first-order chi connectivity index (χ1) is 14.7. The van der Waals surface area contributed by atoms with E-state index in [0.717, 1.165) is 13.1 Å². The third kappa shape index (κ3) is 5.74. The van der Waals surface area contributed by atoms with Crippen LogP contribution < -0.4 is 0 Å². The van der Waals surface area contributed by atoms with Gasteiger partial charge in [0.2, 0.25) is 0 Å². The number of hydrogen-bond acceptors (Lipinski definition) is 2. The van der Waals surface area contributed by atoms with Crippen LogP contribution in [0.1, 0.15) is 31.9 Å². The number of aryl methyl sites for hydroxylation is 2. The summed E-state index contributed by atoms with van der Waals surface area (Å²) in [6, 6.07) is 18.2. The molecule has 30 heavy (non-hydrogen) atoms. The molecule has 0 saturated heterocycles. The zero-order valence-electron chi connectivity index (χ0n) is 17.3. The summed E-state index contributed by atoms with van der Waals surface area (Å²) in [6.45, 7) is 6.30. The number of nitrogens with zero attached hydrogens (tertiary/aromatic N) is 4. The summed E-state index contributed by atoms with van der Waals surface area (Å²) in [5.41, 5.74) is 5.52. The zero-order chi connectivity index (χ0) is 20.8. The minimum atomic E-state index is 0.503. The van der Waals surface area contributed by atoms with E-state index in [1.807, 2.05) is 25.0 Å². The van der Waals surface area contributed by atoms with E-state index in [1.165, 1.54) is 22.3 Å². The molecule has 0 saturated carbocycles. The van der Waals surface area contributed by atoms with Crippen molar-refractivity contribution in [2.24, 2.45) is 0 Å². The molecule has 2 atom stereocenters. The molecule has 6 heteroatoms. The molecule has 0 bridgehead atoms. The summed E-state index contributed by atoms with van der Waals surface area (Å²) < 4.78 is 4.44. The Morgan fingerprint density at radius 2 is 1.07 bits per heavy atom. The van der Waals surface area contributed by atoms with Gasteiger partial charge in [0.1, 0.15) is 0 Å². The Hall–Kier alpha value is -2.10. The topological polar surface area (TPSA) is 35.6 Å². The monoisotopic (exact) mass is 530 g/mol. The van der Waals surface area contributed by atoms with E-state index in [-0.39, 0.29) is 0 Å². The van der Waals surface area contributed by atoms with Crippen molar-refractivity contribution in [3.8, 4) is 0 Å². The van der Waals surface area contributed by atoms with E-state index in [0.29, 0.717) is 35.9 Å². The molecule has 154 valence electrons. The summed E-state index contributed by atoms with van der Waals surface area (Å²) >= 11 is 1.01. The predicted octanol–water partition coefficient (Wildman–Crippen LogP) is 4.20. The second-order valence-electron chi connectivity index (χ2n) is 7.51. The van der Waals surface area contributed by atoms with E-state index >= 15 is 0 Å². The first kappa shape index (κ1) is 21.1. The Balaban J connectivity index is 1.54. The van der Waals surface area contributed by atoms with Crippen molar-refractivity contribution in [1.82, 2.24) is 19.1 Å². The standard InChI is InChI=1S/C24H26N4Se2/c1-19-3-7-21(8-4-19)23(15-27-13-11-25-17-27)29-30-24(16-28-14-12-26-18-28)22-9-5-20(2)6-10-22/h3-14,17-18,23-24H,15-16H2,1-2H3. The van der Waals surface area contributed by atoms with Gasteiger partial charge in [0, 0.05) is 0 Å². The summed E-state index contributed by atoms with van der Waals surface area (Å²) in [7, 11) is 0. The van der Waals surface area contributed by atoms with Gasteiger partial charge < -0.3 is 0 Å². The molecule has 2 heterocycles. The molecule has 2 aromatic carbocycles. The molecule has 4 nitrogen and oxygen atoms in total. The number of benzene rings is 2. The van der Waals surface area contributed by atoms with Crippen LogP contribution >= 0.6 is 0 Å². The number of aromatic nitrogens is 4. The van der Waals surface area contributed by atoms with Crippen LogP contribution in [-0.2, 0) is 13.1 Å². The fraction of sp³-hybridized carbons (Fsp3) is 0.250. The number of imidazole rings is 2. The second kappa shape index (κ2) is 10.3. The van der Waals surface area contributed by atoms with E-state index in [9.17, 15) is 0 Å². The second-order valence-corrected chi connectivity index (χ2v) is 14.9. The molecule has 0 aliphatic heterocycles. The normalized spacial score (nSPS) is 13.3. The van der Waals surface area contributed by atoms with Gasteiger partial charge in [0.05, 0.1) is 0 Å². The molecule has 2 unspecified atom stereocenters. The maximum atomic E-state index is 4.25. The van der Waals surface area contributed by atoms with Crippen LogP contribution in [0.5, 0.6) is 0 Å². The maximum absolute atomic E-state index is 4.25. The van der Waals surface area contributed by atoms with Crippen LogP contribution in [0.15, 0.2) is 86.0 Å². The number of hydrogen-bond donors (Lipinski definition) is 0. The van der Waals surface area contributed by atoms with E-state index in [1.54, 1.807) is 0 Å². The molecular weight excluding hydrogens is 502 g/mol. The fourth-order valence-corrected chi connectivity index (χ4v) is 12.6. The van der Waals surface area contributed by atoms with Crippen LogP contribution in [-0.4, -0.2) is 45.4 Å². The molecule has 0 fully saturated rings. The van der Waals surface area contributed by atoms with E-state index < -0.39 is 0 Å². The van der Waals surface area contributed by atoms with E-state index in [4.69, 9.17) is 0 Å². The molecule has 0 radical (unpaired) electrons. The predicted molar refractivity (Wildman–Crippen MR) is 124 cm³/mol. The number of rotatable bonds is 9. The Kier molecular flexibility index (Phi) is 7.24. The molecule has 4 rings (SSSR count). The third-order valence-electron chi connectivity index (χ3n) is 5.06. The van der Waals surface area contributed by atoms with E-state index in [2.05, 4.69) is 93.9 Å². The SMILES string of the molecule is Cc1ccc(C(Cn2ccnc2)[Se][Se]C(Cn2ccnc2)c2ccc(C)cc2)cc1. The quantitative estimate of drug-likeness (QED) is 0.306. The molecule has 0 aliphatic rings. The molecular formula is C24H26N4Se2. The molecule has 0 N–H and O–H groups in total. The van der Waals surface area contributed by atoms with Crippen LogP contribution in [0.4, 0.5) is 0 Å². The average Bonchev–Trinajstić information content (AvgIpc) is 3.46. The zero-order valence-corrected chi connectivity index (χ0v) is 20.7. The fourth-order valence-electron chi connectivity index (χ4n) is 3.25. The first-order valence-corrected chi connectivity index (χ1v) is 16.4. The van der Waals surface area contributed by atoms with Gasteiger partial charge in [-0.15, -0.1) is 0 Å². The first-order valence-electron chi connectivity index (χ1n) is 10.0. The van der Waals surface area contributed by atoms with Crippen molar-refractivity contribution in [1.29, 1.82) is 0 Å². The van der Waals surface area contributed by atoms with Crippen molar-refractivity contribution in [3.05, 3.63) is 108 Å². The van der Waals surface area contributed by atoms with Crippen molar-refractivity contribution < 1.29 is 0 Å². The summed E-state index contributed by atoms with van der Waals surface area (Å²) in [4.78, 5) is 9.59. The van der Waals surface area contributed by atoms with Crippen LogP contribution in [0.3, 0.4) is 0 Å². The van der Waals surface area contributed by atoms with Gasteiger partial charge in [-0.1, -0.05) is 0 Å². The van der Waals surface area contributed by atoms with Gasteiger partial charge in [-0.2, -0.15) is 0 Å². The average molecular weight is 528 g/mol. The van der Waals surface area contributed by atoms with Crippen LogP contribution in [0.25, 0.3) is 0 Å². The Bertz CT molecular complexity index is 925. The Labute approximate surface area is 189 Å². The molecule has 4 aromatic rings. The molecule has 0 spiro atoms. The molecule has 0 aliphatic carbocycles. The van der Waals surface area contributed by atoms with Gasteiger partial charge >= 0.3 is 190 Å². The Morgan fingerprint density at radius 1 is 0.667 bits per heavy atom. The van der Waals surface area contributed by atoms with Crippen LogP contribution in [0, 0.1) is 13.8 Å². The third-order valence-corrected chi connectivity index (χ3v) is 14.3. The van der Waals surface area contributed by atoms with Gasteiger partial charge in [0.15, 0.2) is 0 Å². The Morgan fingerprint density at radius 3 is 1.40 bits per heavy atom. The van der Waals surface area contributed by atoms with Crippen LogP contribution in [0.2, 0.25) is 0 Å². The van der Waals surface area contributed by atoms with Gasteiger partial charge in [-0.25, -0.2) is 0 Å². The van der Waals surface area contributed by atoms with Gasteiger partial charge in [0.25, 0.3) is 0 Å². The summed E-state index contributed by atoms with van der Waals surface area (Å²) in [6.07, 6.45) is 11.8. The molecule has 2 aromatic heterocycles. The van der Waals surface area contributed by atoms with Gasteiger partial charge in [-0.3, -0.25) is 0 Å². The van der Waals surface area contributed by atoms with Crippen molar-refractivity contribution in [2.75, 3.05) is 0 Å². The summed E-state index contributed by atoms with van der Waals surface area (Å²) in [5.74, 6) is 0.